The van der Waals surface area contributed by atoms with Gasteiger partial charge >= 0.3 is 17.8 Å². The lowest BCUT2D eigenvalue weighted by Gasteiger charge is -2.35. The molecule has 2 rings (SSSR count). The van der Waals surface area contributed by atoms with Crippen LogP contribution in [0.1, 0.15) is 12.5 Å². The molecule has 1 unspecified atom stereocenters. The molecule has 0 fully saturated rings. The average molecular weight is 433 g/mol. The second-order valence-corrected chi connectivity index (χ2v) is 6.34. The van der Waals surface area contributed by atoms with Crippen molar-refractivity contribution < 1.29 is 31.9 Å². The van der Waals surface area contributed by atoms with Crippen molar-refractivity contribution >= 4 is 29.2 Å². The number of carbonyl (C=O) groups excluding carboxylic acids is 2. The van der Waals surface area contributed by atoms with Crippen LogP contribution < -0.4 is 10.6 Å². The number of hydrogen-bond acceptors (Lipinski definition) is 4. The number of carbonyl (C=O) groups is 2. The zero-order chi connectivity index (χ0) is 21.7. The minimum atomic E-state index is -5.30. The molecule has 29 heavy (non-hydrogen) atoms. The first-order valence-corrected chi connectivity index (χ1v) is 8.79. The predicted molar refractivity (Wildman–Crippen MR) is 98.7 cm³/mol. The molecule has 2 N–H and O–H groups in total. The van der Waals surface area contributed by atoms with Gasteiger partial charge in [-0.05, 0) is 30.7 Å². The van der Waals surface area contributed by atoms with Gasteiger partial charge in [-0.2, -0.15) is 13.2 Å². The van der Waals surface area contributed by atoms with Crippen LogP contribution >= 0.6 is 11.6 Å². The molecular formula is C19H17ClF4N2O3. The van der Waals surface area contributed by atoms with Crippen molar-refractivity contribution in [2.24, 2.45) is 0 Å². The number of nitrogens with one attached hydrogen (secondary N) is 2. The quantitative estimate of drug-likeness (QED) is 0.393. The summed E-state index contributed by atoms with van der Waals surface area (Å²) in [5.41, 5.74) is -3.51. The molecule has 0 heterocycles. The van der Waals surface area contributed by atoms with E-state index in [1.807, 2.05) is 5.32 Å². The zero-order valence-electron chi connectivity index (χ0n) is 15.1. The van der Waals surface area contributed by atoms with E-state index in [9.17, 15) is 27.2 Å². The predicted octanol–water partition coefficient (Wildman–Crippen LogP) is 4.07. The number of alkyl halides is 3. The Bertz CT molecular complexity index is 878. The highest BCUT2D eigenvalue weighted by Crippen LogP contribution is 2.34. The number of esters is 1. The Morgan fingerprint density at radius 3 is 2.31 bits per heavy atom. The Kier molecular flexibility index (Phi) is 7.07. The topological polar surface area (TPSA) is 67.4 Å². The number of hydrogen-bond donors (Lipinski definition) is 2. The molecule has 10 heteroatoms. The SMILES string of the molecule is CCOC(=O)C(NC(=O)Cc1ccccc1)(Nc1ccc(F)c(Cl)c1)C(F)(F)F. The van der Waals surface area contributed by atoms with Gasteiger partial charge in [0.05, 0.1) is 18.1 Å². The third kappa shape index (κ3) is 5.38. The van der Waals surface area contributed by atoms with Crippen molar-refractivity contribution in [2.45, 2.75) is 25.2 Å². The summed E-state index contributed by atoms with van der Waals surface area (Å²) in [7, 11) is 0. The summed E-state index contributed by atoms with van der Waals surface area (Å²) in [5, 5.41) is 3.15. The summed E-state index contributed by atoms with van der Waals surface area (Å²) in [4.78, 5) is 24.7. The summed E-state index contributed by atoms with van der Waals surface area (Å²) in [5.74, 6) is -3.71. The Balaban J connectivity index is 2.42. The molecule has 0 spiro atoms. The molecule has 5 nitrogen and oxygen atoms in total. The first-order valence-electron chi connectivity index (χ1n) is 8.41. The van der Waals surface area contributed by atoms with E-state index in [-0.39, 0.29) is 12.3 Å². The van der Waals surface area contributed by atoms with Crippen LogP contribution in [-0.2, 0) is 20.7 Å². The summed E-state index contributed by atoms with van der Waals surface area (Å²) in [6.07, 6.45) is -5.71. The third-order valence-corrected chi connectivity index (χ3v) is 4.08. The molecule has 0 aliphatic heterocycles. The first kappa shape index (κ1) is 22.5. The minimum absolute atomic E-state index is 0.346. The largest absolute Gasteiger partial charge is 0.463 e. The lowest BCUT2D eigenvalue weighted by molar-refractivity contribution is -0.207. The molecule has 0 aromatic heterocycles. The maximum Gasteiger partial charge on any atom is 0.441 e. The highest BCUT2D eigenvalue weighted by Gasteiger charge is 2.63. The molecule has 2 aromatic carbocycles. The second kappa shape index (κ2) is 9.13. The van der Waals surface area contributed by atoms with Crippen LogP contribution in [0.4, 0.5) is 23.2 Å². The normalized spacial score (nSPS) is 13.3. The molecule has 156 valence electrons. The lowest BCUT2D eigenvalue weighted by Crippen LogP contribution is -2.69. The standard InChI is InChI=1S/C19H17ClF4N2O3/c1-2-29-17(28)18(19(22,23)24,25-13-8-9-15(21)14(20)11-13)26-16(27)10-12-6-4-3-5-7-12/h3-9,11,25H,2,10H2,1H3,(H,26,27). The molecule has 0 aliphatic rings. The minimum Gasteiger partial charge on any atom is -0.463 e. The number of benzene rings is 2. The summed E-state index contributed by atoms with van der Waals surface area (Å²) in [6, 6.07) is 10.6. The van der Waals surface area contributed by atoms with Gasteiger partial charge in [-0.25, -0.2) is 9.18 Å². The monoisotopic (exact) mass is 432 g/mol. The van der Waals surface area contributed by atoms with Crippen molar-refractivity contribution in [3.63, 3.8) is 0 Å². The number of amides is 1. The Morgan fingerprint density at radius 2 is 1.76 bits per heavy atom. The van der Waals surface area contributed by atoms with Gasteiger partial charge in [0.1, 0.15) is 5.82 Å². The van der Waals surface area contributed by atoms with E-state index in [2.05, 4.69) is 4.74 Å². The fraction of sp³-hybridized carbons (Fsp3) is 0.263. The van der Waals surface area contributed by atoms with E-state index in [1.54, 1.807) is 35.6 Å². The van der Waals surface area contributed by atoms with E-state index in [0.717, 1.165) is 18.2 Å². The van der Waals surface area contributed by atoms with E-state index in [0.29, 0.717) is 5.56 Å². The molecule has 0 saturated carbocycles. The van der Waals surface area contributed by atoms with Gasteiger partial charge in [0.25, 0.3) is 0 Å². The summed E-state index contributed by atoms with van der Waals surface area (Å²) in [6.45, 7) is 0.955. The van der Waals surface area contributed by atoms with Crippen LogP contribution in [0.2, 0.25) is 5.02 Å². The van der Waals surface area contributed by atoms with Crippen molar-refractivity contribution in [3.05, 3.63) is 64.9 Å². The Morgan fingerprint density at radius 1 is 1.10 bits per heavy atom. The van der Waals surface area contributed by atoms with Gasteiger partial charge in [0.15, 0.2) is 0 Å². The number of halogens is 5. The molecule has 1 amide bonds. The van der Waals surface area contributed by atoms with Crippen LogP contribution in [0.15, 0.2) is 48.5 Å². The van der Waals surface area contributed by atoms with Gasteiger partial charge in [-0.15, -0.1) is 0 Å². The van der Waals surface area contributed by atoms with E-state index in [4.69, 9.17) is 11.6 Å². The molecule has 0 radical (unpaired) electrons. The van der Waals surface area contributed by atoms with Gasteiger partial charge in [-0.3, -0.25) is 4.79 Å². The number of ether oxygens (including phenoxy) is 1. The second-order valence-electron chi connectivity index (χ2n) is 5.93. The van der Waals surface area contributed by atoms with E-state index in [1.165, 1.54) is 6.92 Å². The Hall–Kier alpha value is -2.81. The highest BCUT2D eigenvalue weighted by molar-refractivity contribution is 6.31. The van der Waals surface area contributed by atoms with Gasteiger partial charge in [0.2, 0.25) is 5.91 Å². The van der Waals surface area contributed by atoms with Crippen LogP contribution in [0.5, 0.6) is 0 Å². The molecular weight excluding hydrogens is 416 g/mol. The average Bonchev–Trinajstić information content (AvgIpc) is 2.64. The van der Waals surface area contributed by atoms with Crippen LogP contribution in [-0.4, -0.2) is 30.3 Å². The number of rotatable bonds is 7. The van der Waals surface area contributed by atoms with Crippen molar-refractivity contribution in [1.82, 2.24) is 5.32 Å². The van der Waals surface area contributed by atoms with Crippen molar-refractivity contribution in [3.8, 4) is 0 Å². The van der Waals surface area contributed by atoms with Crippen LogP contribution in [0.3, 0.4) is 0 Å². The van der Waals surface area contributed by atoms with E-state index < -0.39 is 41.0 Å². The molecule has 0 bridgehead atoms. The third-order valence-electron chi connectivity index (χ3n) is 3.79. The maximum absolute atomic E-state index is 14.0. The van der Waals surface area contributed by atoms with Crippen molar-refractivity contribution in [2.75, 3.05) is 11.9 Å². The van der Waals surface area contributed by atoms with Gasteiger partial charge in [-0.1, -0.05) is 41.9 Å². The molecule has 0 aliphatic carbocycles. The Labute approximate surface area is 169 Å². The highest BCUT2D eigenvalue weighted by atomic mass is 35.5. The lowest BCUT2D eigenvalue weighted by atomic mass is 10.1. The van der Waals surface area contributed by atoms with Gasteiger partial charge in [0, 0.05) is 5.69 Å². The smallest absolute Gasteiger partial charge is 0.441 e. The summed E-state index contributed by atoms with van der Waals surface area (Å²) < 4.78 is 60.0. The molecule has 0 saturated heterocycles. The fourth-order valence-corrected chi connectivity index (χ4v) is 2.64. The molecule has 2 aromatic rings. The van der Waals surface area contributed by atoms with Crippen LogP contribution in [0, 0.1) is 5.82 Å². The summed E-state index contributed by atoms with van der Waals surface area (Å²) >= 11 is 5.61. The fourth-order valence-electron chi connectivity index (χ4n) is 2.46. The maximum atomic E-state index is 14.0. The van der Waals surface area contributed by atoms with E-state index >= 15 is 0 Å². The zero-order valence-corrected chi connectivity index (χ0v) is 15.9. The number of anilines is 1. The van der Waals surface area contributed by atoms with Gasteiger partial charge < -0.3 is 15.4 Å². The molecule has 1 atom stereocenters. The van der Waals surface area contributed by atoms with Crippen LogP contribution in [0.25, 0.3) is 0 Å². The first-order chi connectivity index (χ1) is 13.6. The van der Waals surface area contributed by atoms with Crippen molar-refractivity contribution in [1.29, 1.82) is 0 Å².